The van der Waals surface area contributed by atoms with Crippen LogP contribution in [0.3, 0.4) is 0 Å². The molecule has 0 aromatic heterocycles. The number of thiol groups is 1. The fraction of sp³-hybridized carbons (Fsp3) is 0.500. The second-order valence-corrected chi connectivity index (χ2v) is 5.37. The highest BCUT2D eigenvalue weighted by Gasteiger charge is 2.29. The van der Waals surface area contributed by atoms with E-state index in [0.717, 1.165) is 18.0 Å². The van der Waals surface area contributed by atoms with Gasteiger partial charge in [0.15, 0.2) is 0 Å². The van der Waals surface area contributed by atoms with Gasteiger partial charge in [-0.15, -0.1) is 0 Å². The van der Waals surface area contributed by atoms with Crippen molar-refractivity contribution in [3.05, 3.63) is 29.8 Å². The number of amides is 1. The molecular formula is C14H19NOS. The van der Waals surface area contributed by atoms with E-state index >= 15 is 0 Å². The van der Waals surface area contributed by atoms with Crippen LogP contribution in [-0.4, -0.2) is 18.2 Å². The first-order valence-corrected chi connectivity index (χ1v) is 6.76. The fourth-order valence-corrected chi connectivity index (χ4v) is 2.45. The zero-order chi connectivity index (χ0) is 12.4. The van der Waals surface area contributed by atoms with E-state index in [1.807, 2.05) is 17.0 Å². The fourth-order valence-electron chi connectivity index (χ4n) is 2.21. The number of hydrogen-bond donors (Lipinski definition) is 1. The first-order chi connectivity index (χ1) is 8.11. The quantitative estimate of drug-likeness (QED) is 0.816. The third-order valence-electron chi connectivity index (χ3n) is 3.31. The summed E-state index contributed by atoms with van der Waals surface area (Å²) in [7, 11) is 0. The van der Waals surface area contributed by atoms with Gasteiger partial charge >= 0.3 is 0 Å². The average Bonchev–Trinajstić information content (AvgIpc) is 2.71. The predicted molar refractivity (Wildman–Crippen MR) is 74.8 cm³/mol. The molecule has 2 rings (SSSR count). The molecule has 1 heterocycles. The SMILES string of the molecule is CC(C)c1cccc(N2CC(CS)CC2=O)c1. The molecule has 0 aliphatic carbocycles. The maximum atomic E-state index is 11.9. The van der Waals surface area contributed by atoms with Gasteiger partial charge in [0.05, 0.1) is 0 Å². The van der Waals surface area contributed by atoms with Crippen molar-refractivity contribution >= 4 is 24.2 Å². The van der Waals surface area contributed by atoms with Crippen LogP contribution in [0, 0.1) is 5.92 Å². The maximum Gasteiger partial charge on any atom is 0.227 e. The molecule has 17 heavy (non-hydrogen) atoms. The molecule has 0 spiro atoms. The van der Waals surface area contributed by atoms with Crippen LogP contribution >= 0.6 is 12.6 Å². The molecule has 1 unspecified atom stereocenters. The standard InChI is InChI=1S/C14H19NOS/c1-10(2)12-4-3-5-13(7-12)15-8-11(9-17)6-14(15)16/h3-5,7,10-11,17H,6,8-9H2,1-2H3. The Morgan fingerprint density at radius 3 is 2.82 bits per heavy atom. The molecule has 0 bridgehead atoms. The molecule has 3 heteroatoms. The van der Waals surface area contributed by atoms with Crippen molar-refractivity contribution in [2.45, 2.75) is 26.2 Å². The normalized spacial score (nSPS) is 20.4. The molecule has 1 fully saturated rings. The summed E-state index contributed by atoms with van der Waals surface area (Å²) >= 11 is 4.28. The van der Waals surface area contributed by atoms with Crippen molar-refractivity contribution < 1.29 is 4.79 Å². The van der Waals surface area contributed by atoms with Crippen LogP contribution in [0.1, 0.15) is 31.7 Å². The number of benzene rings is 1. The Morgan fingerprint density at radius 2 is 2.24 bits per heavy atom. The molecule has 1 aliphatic rings. The van der Waals surface area contributed by atoms with Crippen molar-refractivity contribution in [3.63, 3.8) is 0 Å². The molecule has 0 N–H and O–H groups in total. The van der Waals surface area contributed by atoms with E-state index in [1.54, 1.807) is 0 Å². The van der Waals surface area contributed by atoms with E-state index in [4.69, 9.17) is 0 Å². The lowest BCUT2D eigenvalue weighted by Gasteiger charge is -2.18. The second-order valence-electron chi connectivity index (χ2n) is 5.01. The Kier molecular flexibility index (Phi) is 3.77. The molecule has 2 nitrogen and oxygen atoms in total. The molecule has 1 atom stereocenters. The van der Waals surface area contributed by atoms with Crippen molar-refractivity contribution in [1.82, 2.24) is 0 Å². The van der Waals surface area contributed by atoms with Crippen molar-refractivity contribution in [3.8, 4) is 0 Å². The highest BCUT2D eigenvalue weighted by molar-refractivity contribution is 7.80. The van der Waals surface area contributed by atoms with E-state index in [0.29, 0.717) is 18.3 Å². The molecule has 1 aromatic rings. The minimum Gasteiger partial charge on any atom is -0.312 e. The Labute approximate surface area is 108 Å². The summed E-state index contributed by atoms with van der Waals surface area (Å²) in [6, 6.07) is 8.30. The van der Waals surface area contributed by atoms with Crippen molar-refractivity contribution in [2.75, 3.05) is 17.2 Å². The minimum absolute atomic E-state index is 0.227. The molecule has 1 saturated heterocycles. The van der Waals surface area contributed by atoms with Crippen LogP contribution in [0.5, 0.6) is 0 Å². The zero-order valence-electron chi connectivity index (χ0n) is 10.4. The lowest BCUT2D eigenvalue weighted by Crippen LogP contribution is -2.24. The third-order valence-corrected chi connectivity index (χ3v) is 3.83. The van der Waals surface area contributed by atoms with Gasteiger partial charge < -0.3 is 4.90 Å². The summed E-state index contributed by atoms with van der Waals surface area (Å²) in [5.74, 6) is 1.90. The zero-order valence-corrected chi connectivity index (χ0v) is 11.3. The molecule has 0 saturated carbocycles. The summed E-state index contributed by atoms with van der Waals surface area (Å²) < 4.78 is 0. The molecule has 1 amide bonds. The van der Waals surface area contributed by atoms with Gasteiger partial charge in [-0.05, 0) is 35.3 Å². The number of carbonyl (C=O) groups excluding carboxylic acids is 1. The van der Waals surface area contributed by atoms with E-state index < -0.39 is 0 Å². The van der Waals surface area contributed by atoms with E-state index in [-0.39, 0.29) is 5.91 Å². The van der Waals surface area contributed by atoms with Crippen LogP contribution in [0.25, 0.3) is 0 Å². The van der Waals surface area contributed by atoms with Gasteiger partial charge in [0.25, 0.3) is 0 Å². The Balaban J connectivity index is 2.22. The van der Waals surface area contributed by atoms with Crippen LogP contribution in [-0.2, 0) is 4.79 Å². The molecule has 1 aliphatic heterocycles. The Hall–Kier alpha value is -0.960. The smallest absolute Gasteiger partial charge is 0.227 e. The van der Waals surface area contributed by atoms with Gasteiger partial charge in [-0.3, -0.25) is 4.79 Å². The topological polar surface area (TPSA) is 20.3 Å². The summed E-state index contributed by atoms with van der Waals surface area (Å²) in [5.41, 5.74) is 2.31. The number of anilines is 1. The summed E-state index contributed by atoms with van der Waals surface area (Å²) in [6.07, 6.45) is 0.634. The van der Waals surface area contributed by atoms with Gasteiger partial charge in [0, 0.05) is 18.7 Å². The maximum absolute atomic E-state index is 11.9. The minimum atomic E-state index is 0.227. The summed E-state index contributed by atoms with van der Waals surface area (Å²) in [4.78, 5) is 13.8. The van der Waals surface area contributed by atoms with Crippen LogP contribution in [0.2, 0.25) is 0 Å². The van der Waals surface area contributed by atoms with Gasteiger partial charge in [-0.1, -0.05) is 26.0 Å². The summed E-state index contributed by atoms with van der Waals surface area (Å²) in [6.45, 7) is 5.15. The van der Waals surface area contributed by atoms with Gasteiger partial charge in [0.2, 0.25) is 5.91 Å². The van der Waals surface area contributed by atoms with Crippen molar-refractivity contribution in [1.29, 1.82) is 0 Å². The highest BCUT2D eigenvalue weighted by atomic mass is 32.1. The predicted octanol–water partition coefficient (Wildman–Crippen LogP) is 3.09. The monoisotopic (exact) mass is 249 g/mol. The molecule has 0 radical (unpaired) electrons. The third kappa shape index (κ3) is 2.65. The number of nitrogens with zero attached hydrogens (tertiary/aromatic N) is 1. The lowest BCUT2D eigenvalue weighted by atomic mass is 10.0. The highest BCUT2D eigenvalue weighted by Crippen LogP contribution is 2.28. The Bertz CT molecular complexity index is 416. The lowest BCUT2D eigenvalue weighted by molar-refractivity contribution is -0.117. The van der Waals surface area contributed by atoms with E-state index in [9.17, 15) is 4.79 Å². The summed E-state index contributed by atoms with van der Waals surface area (Å²) in [5, 5.41) is 0. The van der Waals surface area contributed by atoms with Crippen LogP contribution in [0.15, 0.2) is 24.3 Å². The number of hydrogen-bond acceptors (Lipinski definition) is 2. The van der Waals surface area contributed by atoms with E-state index in [2.05, 4.69) is 38.6 Å². The van der Waals surface area contributed by atoms with Crippen LogP contribution < -0.4 is 4.90 Å². The molecule has 92 valence electrons. The number of rotatable bonds is 3. The first kappa shape index (κ1) is 12.5. The van der Waals surface area contributed by atoms with Gasteiger partial charge in [-0.25, -0.2) is 0 Å². The molecule has 1 aromatic carbocycles. The Morgan fingerprint density at radius 1 is 1.47 bits per heavy atom. The molecular weight excluding hydrogens is 230 g/mol. The van der Waals surface area contributed by atoms with Gasteiger partial charge in [-0.2, -0.15) is 12.6 Å². The van der Waals surface area contributed by atoms with E-state index in [1.165, 1.54) is 5.56 Å². The largest absolute Gasteiger partial charge is 0.312 e. The number of carbonyl (C=O) groups is 1. The van der Waals surface area contributed by atoms with Crippen LogP contribution in [0.4, 0.5) is 5.69 Å². The van der Waals surface area contributed by atoms with Crippen molar-refractivity contribution in [2.24, 2.45) is 5.92 Å². The van der Waals surface area contributed by atoms with Gasteiger partial charge in [0.1, 0.15) is 0 Å². The average molecular weight is 249 g/mol. The second kappa shape index (κ2) is 5.13. The first-order valence-electron chi connectivity index (χ1n) is 6.13.